The van der Waals surface area contributed by atoms with E-state index in [2.05, 4.69) is 28.3 Å². The van der Waals surface area contributed by atoms with Crippen LogP contribution >= 0.6 is 0 Å². The van der Waals surface area contributed by atoms with Crippen LogP contribution in [0.2, 0.25) is 0 Å². The monoisotopic (exact) mass is 271 g/mol. The summed E-state index contributed by atoms with van der Waals surface area (Å²) in [6.07, 6.45) is 1.80. The van der Waals surface area contributed by atoms with Crippen LogP contribution in [-0.2, 0) is 0 Å². The Kier molecular flexibility index (Phi) is 5.07. The molecule has 1 aromatic heterocycles. The highest BCUT2D eigenvalue weighted by molar-refractivity contribution is 5.39. The van der Waals surface area contributed by atoms with Gasteiger partial charge in [0, 0.05) is 11.8 Å². The summed E-state index contributed by atoms with van der Waals surface area (Å²) in [6.45, 7) is 7.49. The molecule has 0 saturated heterocycles. The lowest BCUT2D eigenvalue weighted by atomic mass is 10.0. The van der Waals surface area contributed by atoms with Gasteiger partial charge in [-0.15, -0.1) is 0 Å². The summed E-state index contributed by atoms with van der Waals surface area (Å²) in [5.74, 6) is 1.68. The molecule has 0 radical (unpaired) electrons. The third kappa shape index (κ3) is 3.33. The minimum absolute atomic E-state index is 0.0180. The third-order valence-corrected chi connectivity index (χ3v) is 3.03. The fourth-order valence-corrected chi connectivity index (χ4v) is 2.22. The minimum Gasteiger partial charge on any atom is -0.494 e. The molecule has 4 heteroatoms. The van der Waals surface area contributed by atoms with Gasteiger partial charge in [-0.25, -0.2) is 9.97 Å². The zero-order valence-electron chi connectivity index (χ0n) is 12.3. The second-order valence-corrected chi connectivity index (χ2v) is 4.49. The van der Waals surface area contributed by atoms with E-state index in [9.17, 15) is 0 Å². The largest absolute Gasteiger partial charge is 0.494 e. The first-order valence-corrected chi connectivity index (χ1v) is 7.00. The number of ether oxygens (including phenoxy) is 1. The Bertz CT molecular complexity index is 557. The molecule has 0 fully saturated rings. The number of para-hydroxylation sites is 1. The number of rotatable bonds is 6. The van der Waals surface area contributed by atoms with E-state index in [0.29, 0.717) is 6.61 Å². The molecule has 2 aromatic rings. The van der Waals surface area contributed by atoms with E-state index in [1.807, 2.05) is 38.1 Å². The number of benzene rings is 1. The second kappa shape index (κ2) is 7.01. The van der Waals surface area contributed by atoms with E-state index in [-0.39, 0.29) is 6.04 Å². The lowest BCUT2D eigenvalue weighted by molar-refractivity contribution is 0.333. The van der Waals surface area contributed by atoms with Crippen LogP contribution in [0.4, 0.5) is 0 Å². The number of hydrogen-bond donors (Lipinski definition) is 1. The Morgan fingerprint density at radius 1 is 1.20 bits per heavy atom. The van der Waals surface area contributed by atoms with Crippen LogP contribution in [0.3, 0.4) is 0 Å². The highest BCUT2D eigenvalue weighted by Crippen LogP contribution is 2.29. The van der Waals surface area contributed by atoms with Crippen LogP contribution in [0.25, 0.3) is 0 Å². The number of aromatic nitrogens is 2. The highest BCUT2D eigenvalue weighted by Gasteiger charge is 2.18. The summed E-state index contributed by atoms with van der Waals surface area (Å²) in [5, 5.41) is 3.47. The van der Waals surface area contributed by atoms with Crippen molar-refractivity contribution in [3.63, 3.8) is 0 Å². The summed E-state index contributed by atoms with van der Waals surface area (Å²) in [4.78, 5) is 8.71. The zero-order valence-corrected chi connectivity index (χ0v) is 12.3. The summed E-state index contributed by atoms with van der Waals surface area (Å²) < 4.78 is 5.73. The van der Waals surface area contributed by atoms with Gasteiger partial charge in [-0.3, -0.25) is 0 Å². The van der Waals surface area contributed by atoms with Gasteiger partial charge in [0.05, 0.1) is 18.3 Å². The molecule has 1 unspecified atom stereocenters. The SMILES string of the molecule is CCNC(c1ccnc(C)n1)c1ccccc1OCC. The lowest BCUT2D eigenvalue weighted by Gasteiger charge is -2.21. The average Bonchev–Trinajstić information content (AvgIpc) is 2.46. The zero-order chi connectivity index (χ0) is 14.4. The molecule has 2 rings (SSSR count). The number of hydrogen-bond acceptors (Lipinski definition) is 4. The Hall–Kier alpha value is -1.94. The van der Waals surface area contributed by atoms with Gasteiger partial charge in [0.2, 0.25) is 0 Å². The van der Waals surface area contributed by atoms with Crippen molar-refractivity contribution in [2.24, 2.45) is 0 Å². The maximum Gasteiger partial charge on any atom is 0.125 e. The fraction of sp³-hybridized carbons (Fsp3) is 0.375. The van der Waals surface area contributed by atoms with Crippen molar-refractivity contribution >= 4 is 0 Å². The van der Waals surface area contributed by atoms with Gasteiger partial charge in [-0.05, 0) is 32.5 Å². The lowest BCUT2D eigenvalue weighted by Crippen LogP contribution is -2.24. The Balaban J connectivity index is 2.43. The van der Waals surface area contributed by atoms with Gasteiger partial charge >= 0.3 is 0 Å². The first kappa shape index (κ1) is 14.5. The van der Waals surface area contributed by atoms with Crippen molar-refractivity contribution in [3.05, 3.63) is 53.6 Å². The first-order chi connectivity index (χ1) is 9.76. The molecule has 0 aliphatic rings. The van der Waals surface area contributed by atoms with Gasteiger partial charge < -0.3 is 10.1 Å². The molecule has 20 heavy (non-hydrogen) atoms. The molecular formula is C16H21N3O. The van der Waals surface area contributed by atoms with Gasteiger partial charge in [-0.1, -0.05) is 25.1 Å². The van der Waals surface area contributed by atoms with Gasteiger partial charge in [0.15, 0.2) is 0 Å². The quantitative estimate of drug-likeness (QED) is 0.877. The Morgan fingerprint density at radius 2 is 2.00 bits per heavy atom. The molecule has 0 aliphatic carbocycles. The number of nitrogens with zero attached hydrogens (tertiary/aromatic N) is 2. The van der Waals surface area contributed by atoms with Gasteiger partial charge in [0.25, 0.3) is 0 Å². The standard InChI is InChI=1S/C16H21N3O/c1-4-17-16(14-10-11-18-12(3)19-14)13-8-6-7-9-15(13)20-5-2/h6-11,16-17H,4-5H2,1-3H3. The molecule has 0 amide bonds. The normalized spacial score (nSPS) is 12.2. The van der Waals surface area contributed by atoms with Crippen LogP contribution in [0.1, 0.15) is 37.0 Å². The molecular weight excluding hydrogens is 250 g/mol. The Labute approximate surface area is 120 Å². The van der Waals surface area contributed by atoms with Crippen molar-refractivity contribution < 1.29 is 4.74 Å². The predicted molar refractivity (Wildman–Crippen MR) is 79.9 cm³/mol. The maximum atomic E-state index is 5.73. The molecule has 1 atom stereocenters. The Morgan fingerprint density at radius 3 is 2.70 bits per heavy atom. The predicted octanol–water partition coefficient (Wildman–Crippen LogP) is 2.88. The summed E-state index contributed by atoms with van der Waals surface area (Å²) >= 11 is 0. The van der Waals surface area contributed by atoms with Crippen molar-refractivity contribution in [3.8, 4) is 5.75 Å². The van der Waals surface area contributed by atoms with Crippen molar-refractivity contribution in [1.29, 1.82) is 0 Å². The molecule has 106 valence electrons. The van der Waals surface area contributed by atoms with Crippen LogP contribution in [-0.4, -0.2) is 23.1 Å². The van der Waals surface area contributed by atoms with E-state index in [1.54, 1.807) is 6.20 Å². The molecule has 1 heterocycles. The molecule has 1 N–H and O–H groups in total. The summed E-state index contributed by atoms with van der Waals surface area (Å²) in [7, 11) is 0. The van der Waals surface area contributed by atoms with Crippen LogP contribution < -0.4 is 10.1 Å². The van der Waals surface area contributed by atoms with E-state index >= 15 is 0 Å². The number of aryl methyl sites for hydroxylation is 1. The smallest absolute Gasteiger partial charge is 0.125 e. The minimum atomic E-state index is 0.0180. The molecule has 0 saturated carbocycles. The van der Waals surface area contributed by atoms with E-state index in [4.69, 9.17) is 4.74 Å². The first-order valence-electron chi connectivity index (χ1n) is 7.00. The van der Waals surface area contributed by atoms with Gasteiger partial charge in [0.1, 0.15) is 11.6 Å². The maximum absolute atomic E-state index is 5.73. The molecule has 0 aliphatic heterocycles. The second-order valence-electron chi connectivity index (χ2n) is 4.49. The van der Waals surface area contributed by atoms with E-state index in [1.165, 1.54) is 0 Å². The molecule has 1 aromatic carbocycles. The van der Waals surface area contributed by atoms with Gasteiger partial charge in [-0.2, -0.15) is 0 Å². The van der Waals surface area contributed by atoms with Crippen LogP contribution in [0, 0.1) is 6.92 Å². The highest BCUT2D eigenvalue weighted by atomic mass is 16.5. The van der Waals surface area contributed by atoms with Crippen molar-refractivity contribution in [2.75, 3.05) is 13.2 Å². The van der Waals surface area contributed by atoms with E-state index < -0.39 is 0 Å². The van der Waals surface area contributed by atoms with Crippen LogP contribution in [0.15, 0.2) is 36.5 Å². The fourth-order valence-electron chi connectivity index (χ4n) is 2.22. The molecule has 0 bridgehead atoms. The topological polar surface area (TPSA) is 47.0 Å². The van der Waals surface area contributed by atoms with Crippen molar-refractivity contribution in [1.82, 2.24) is 15.3 Å². The molecule has 0 spiro atoms. The third-order valence-electron chi connectivity index (χ3n) is 3.03. The number of nitrogens with one attached hydrogen (secondary N) is 1. The molecule has 4 nitrogen and oxygen atoms in total. The van der Waals surface area contributed by atoms with Crippen molar-refractivity contribution in [2.45, 2.75) is 26.8 Å². The average molecular weight is 271 g/mol. The summed E-state index contributed by atoms with van der Waals surface area (Å²) in [5.41, 5.74) is 2.07. The van der Waals surface area contributed by atoms with E-state index in [0.717, 1.165) is 29.4 Å². The summed E-state index contributed by atoms with van der Waals surface area (Å²) in [6, 6.07) is 10.1. The van der Waals surface area contributed by atoms with Crippen LogP contribution in [0.5, 0.6) is 5.75 Å².